The second-order valence-corrected chi connectivity index (χ2v) is 6.27. The van der Waals surface area contributed by atoms with Gasteiger partial charge in [0.05, 0.1) is 6.61 Å². The number of pyridine rings is 1. The second kappa shape index (κ2) is 7.96. The molecule has 1 aliphatic rings. The summed E-state index contributed by atoms with van der Waals surface area (Å²) in [6, 6.07) is 2.17. The summed E-state index contributed by atoms with van der Waals surface area (Å²) in [6.45, 7) is 7.16. The molecule has 4 nitrogen and oxygen atoms in total. The van der Waals surface area contributed by atoms with E-state index in [1.807, 2.05) is 6.20 Å². The number of aryl methyl sites for hydroxylation is 1. The van der Waals surface area contributed by atoms with Crippen LogP contribution in [0.3, 0.4) is 0 Å². The van der Waals surface area contributed by atoms with Crippen molar-refractivity contribution in [3.63, 3.8) is 0 Å². The SMILES string of the molecule is COCCNCC1CCN(c2cc(C)c(Br)cn2)CC1. The lowest BCUT2D eigenvalue weighted by Gasteiger charge is -2.33. The van der Waals surface area contributed by atoms with Gasteiger partial charge in [-0.1, -0.05) is 0 Å². The van der Waals surface area contributed by atoms with Crippen molar-refractivity contribution in [3.8, 4) is 0 Å². The molecule has 112 valence electrons. The van der Waals surface area contributed by atoms with Gasteiger partial charge in [-0.05, 0) is 59.8 Å². The molecule has 0 amide bonds. The number of halogens is 1. The number of ether oxygens (including phenoxy) is 1. The molecule has 1 saturated heterocycles. The molecule has 0 aliphatic carbocycles. The molecule has 0 atom stereocenters. The van der Waals surface area contributed by atoms with Gasteiger partial charge in [0.25, 0.3) is 0 Å². The Bertz CT molecular complexity index is 420. The van der Waals surface area contributed by atoms with Crippen LogP contribution in [-0.2, 0) is 4.74 Å². The van der Waals surface area contributed by atoms with Gasteiger partial charge in [-0.2, -0.15) is 0 Å². The number of anilines is 1. The molecule has 2 heterocycles. The molecule has 1 aromatic heterocycles. The lowest BCUT2D eigenvalue weighted by molar-refractivity contribution is 0.196. The zero-order valence-electron chi connectivity index (χ0n) is 12.4. The van der Waals surface area contributed by atoms with E-state index in [0.717, 1.165) is 49.0 Å². The largest absolute Gasteiger partial charge is 0.383 e. The van der Waals surface area contributed by atoms with Crippen LogP contribution in [-0.4, -0.2) is 44.9 Å². The Balaban J connectivity index is 1.77. The minimum absolute atomic E-state index is 0.777. The predicted octanol–water partition coefficient (Wildman–Crippen LogP) is 2.60. The van der Waals surface area contributed by atoms with Crippen LogP contribution in [0.1, 0.15) is 18.4 Å². The average molecular weight is 342 g/mol. The molecular formula is C15H24BrN3O. The van der Waals surface area contributed by atoms with Crippen molar-refractivity contribution in [1.29, 1.82) is 0 Å². The molecule has 1 aromatic rings. The highest BCUT2D eigenvalue weighted by Gasteiger charge is 2.20. The van der Waals surface area contributed by atoms with Crippen molar-refractivity contribution in [2.24, 2.45) is 5.92 Å². The highest BCUT2D eigenvalue weighted by molar-refractivity contribution is 9.10. The lowest BCUT2D eigenvalue weighted by Crippen LogP contribution is -2.38. The van der Waals surface area contributed by atoms with Gasteiger partial charge in [-0.3, -0.25) is 0 Å². The van der Waals surface area contributed by atoms with Crippen LogP contribution in [0.2, 0.25) is 0 Å². The van der Waals surface area contributed by atoms with E-state index in [-0.39, 0.29) is 0 Å². The van der Waals surface area contributed by atoms with Crippen LogP contribution >= 0.6 is 15.9 Å². The Labute approximate surface area is 130 Å². The summed E-state index contributed by atoms with van der Waals surface area (Å²) in [4.78, 5) is 6.92. The quantitative estimate of drug-likeness (QED) is 0.807. The standard InChI is InChI=1S/C15H24BrN3O/c1-12-9-15(18-11-14(12)16)19-6-3-13(4-7-19)10-17-5-8-20-2/h9,11,13,17H,3-8,10H2,1-2H3. The molecule has 0 bridgehead atoms. The van der Waals surface area contributed by atoms with Crippen molar-refractivity contribution < 1.29 is 4.74 Å². The molecule has 0 radical (unpaired) electrons. The molecular weight excluding hydrogens is 318 g/mol. The first-order valence-electron chi connectivity index (χ1n) is 7.27. The minimum atomic E-state index is 0.777. The van der Waals surface area contributed by atoms with Crippen molar-refractivity contribution in [2.45, 2.75) is 19.8 Å². The number of hydrogen-bond acceptors (Lipinski definition) is 4. The van der Waals surface area contributed by atoms with Crippen molar-refractivity contribution in [1.82, 2.24) is 10.3 Å². The molecule has 1 N–H and O–H groups in total. The summed E-state index contributed by atoms with van der Waals surface area (Å²) < 4.78 is 6.13. The molecule has 0 spiro atoms. The molecule has 5 heteroatoms. The normalized spacial score (nSPS) is 16.6. The van der Waals surface area contributed by atoms with Gasteiger partial charge < -0.3 is 15.0 Å². The first-order chi connectivity index (χ1) is 9.70. The van der Waals surface area contributed by atoms with E-state index in [1.165, 1.54) is 18.4 Å². The fourth-order valence-electron chi connectivity index (χ4n) is 2.54. The molecule has 20 heavy (non-hydrogen) atoms. The van der Waals surface area contributed by atoms with Gasteiger partial charge in [0.2, 0.25) is 0 Å². The van der Waals surface area contributed by atoms with E-state index in [9.17, 15) is 0 Å². The van der Waals surface area contributed by atoms with Gasteiger partial charge in [0.15, 0.2) is 0 Å². The smallest absolute Gasteiger partial charge is 0.128 e. The highest BCUT2D eigenvalue weighted by Crippen LogP contribution is 2.24. The van der Waals surface area contributed by atoms with Crippen molar-refractivity contribution in [3.05, 3.63) is 22.3 Å². The van der Waals surface area contributed by atoms with E-state index in [2.05, 4.69) is 44.1 Å². The van der Waals surface area contributed by atoms with Crippen LogP contribution in [0, 0.1) is 12.8 Å². The number of methoxy groups -OCH3 is 1. The molecule has 1 fully saturated rings. The predicted molar refractivity (Wildman–Crippen MR) is 86.4 cm³/mol. The van der Waals surface area contributed by atoms with E-state index in [1.54, 1.807) is 7.11 Å². The van der Waals surface area contributed by atoms with Crippen LogP contribution in [0.4, 0.5) is 5.82 Å². The maximum absolute atomic E-state index is 5.04. The Morgan fingerprint density at radius 1 is 1.45 bits per heavy atom. The summed E-state index contributed by atoms with van der Waals surface area (Å²) in [5.41, 5.74) is 1.25. The number of aromatic nitrogens is 1. The van der Waals surface area contributed by atoms with Gasteiger partial charge >= 0.3 is 0 Å². The van der Waals surface area contributed by atoms with Crippen molar-refractivity contribution in [2.75, 3.05) is 44.8 Å². The summed E-state index contributed by atoms with van der Waals surface area (Å²) in [7, 11) is 1.74. The third kappa shape index (κ3) is 4.43. The third-order valence-corrected chi connectivity index (χ3v) is 4.72. The minimum Gasteiger partial charge on any atom is -0.383 e. The van der Waals surface area contributed by atoms with Crippen LogP contribution in [0.5, 0.6) is 0 Å². The number of nitrogens with one attached hydrogen (secondary N) is 1. The van der Waals surface area contributed by atoms with Crippen LogP contribution in [0.15, 0.2) is 16.7 Å². The summed E-state index contributed by atoms with van der Waals surface area (Å²) in [5, 5.41) is 3.46. The second-order valence-electron chi connectivity index (χ2n) is 5.42. The first-order valence-corrected chi connectivity index (χ1v) is 8.06. The fraction of sp³-hybridized carbons (Fsp3) is 0.667. The number of rotatable bonds is 6. The molecule has 0 unspecified atom stereocenters. The summed E-state index contributed by atoms with van der Waals surface area (Å²) >= 11 is 3.50. The van der Waals surface area contributed by atoms with Gasteiger partial charge in [0, 0.05) is 37.4 Å². The average Bonchev–Trinajstić information content (AvgIpc) is 2.47. The zero-order valence-corrected chi connectivity index (χ0v) is 13.9. The monoisotopic (exact) mass is 341 g/mol. The molecule has 1 aliphatic heterocycles. The van der Waals surface area contributed by atoms with Crippen molar-refractivity contribution >= 4 is 21.7 Å². The molecule has 2 rings (SSSR count). The maximum Gasteiger partial charge on any atom is 0.128 e. The molecule has 0 saturated carbocycles. The van der Waals surface area contributed by atoms with E-state index in [0.29, 0.717) is 0 Å². The van der Waals surface area contributed by atoms with Gasteiger partial charge in [0.1, 0.15) is 5.82 Å². The van der Waals surface area contributed by atoms with Gasteiger partial charge in [-0.15, -0.1) is 0 Å². The third-order valence-electron chi connectivity index (χ3n) is 3.89. The maximum atomic E-state index is 5.04. The fourth-order valence-corrected chi connectivity index (χ4v) is 2.76. The Kier molecular flexibility index (Phi) is 6.26. The van der Waals surface area contributed by atoms with Gasteiger partial charge in [-0.25, -0.2) is 4.98 Å². The molecule has 0 aromatic carbocycles. The Morgan fingerprint density at radius 3 is 2.85 bits per heavy atom. The number of piperidine rings is 1. The van der Waals surface area contributed by atoms with E-state index in [4.69, 9.17) is 4.74 Å². The van der Waals surface area contributed by atoms with E-state index >= 15 is 0 Å². The first kappa shape index (κ1) is 15.7. The lowest BCUT2D eigenvalue weighted by atomic mass is 9.97. The topological polar surface area (TPSA) is 37.4 Å². The summed E-state index contributed by atoms with van der Waals surface area (Å²) in [5.74, 6) is 1.89. The number of nitrogens with zero attached hydrogens (tertiary/aromatic N) is 2. The van der Waals surface area contributed by atoms with Crippen LogP contribution < -0.4 is 10.2 Å². The van der Waals surface area contributed by atoms with E-state index < -0.39 is 0 Å². The summed E-state index contributed by atoms with van der Waals surface area (Å²) in [6.07, 6.45) is 4.37. The Hall–Kier alpha value is -0.650. The highest BCUT2D eigenvalue weighted by atomic mass is 79.9. The number of hydrogen-bond donors (Lipinski definition) is 1. The zero-order chi connectivity index (χ0) is 14.4. The van der Waals surface area contributed by atoms with Crippen LogP contribution in [0.25, 0.3) is 0 Å². The Morgan fingerprint density at radius 2 is 2.20 bits per heavy atom.